The minimum absolute atomic E-state index is 0.0799. The molecule has 0 spiro atoms. The smallest absolute Gasteiger partial charge is 0.123 e. The van der Waals surface area contributed by atoms with Crippen LogP contribution in [-0.2, 0) is 0 Å². The Hall–Kier alpha value is -1.83. The zero-order valence-corrected chi connectivity index (χ0v) is 12.5. The maximum absolute atomic E-state index is 5.81. The highest BCUT2D eigenvalue weighted by molar-refractivity contribution is 7.13. The number of benzene rings is 1. The zero-order valence-electron chi connectivity index (χ0n) is 11.7. The summed E-state index contributed by atoms with van der Waals surface area (Å²) in [4.78, 5) is 4.47. The number of nitrogens with zero attached hydrogens (tertiary/aromatic N) is 1. The molecular formula is C16H18N2OS. The van der Waals surface area contributed by atoms with Crippen LogP contribution >= 0.6 is 11.3 Å². The zero-order chi connectivity index (χ0) is 14.4. The van der Waals surface area contributed by atoms with E-state index in [1.54, 1.807) is 11.3 Å². The molecule has 1 unspecified atom stereocenters. The van der Waals surface area contributed by atoms with Crippen molar-refractivity contribution in [3.63, 3.8) is 0 Å². The summed E-state index contributed by atoms with van der Waals surface area (Å²) in [6.45, 7) is 5.32. The maximum Gasteiger partial charge on any atom is 0.123 e. The van der Waals surface area contributed by atoms with Gasteiger partial charge in [0.1, 0.15) is 16.9 Å². The van der Waals surface area contributed by atoms with Crippen LogP contribution in [0.3, 0.4) is 0 Å². The summed E-state index contributed by atoms with van der Waals surface area (Å²) in [6.07, 6.45) is 5.26. The van der Waals surface area contributed by atoms with Gasteiger partial charge in [-0.05, 0) is 38.1 Å². The average Bonchev–Trinajstić information content (AvgIpc) is 2.86. The summed E-state index contributed by atoms with van der Waals surface area (Å²) in [6, 6.07) is 8.03. The normalized spacial score (nSPS) is 11.8. The molecule has 0 aliphatic heterocycles. The lowest BCUT2D eigenvalue weighted by Crippen LogP contribution is -2.29. The van der Waals surface area contributed by atoms with Crippen molar-refractivity contribution in [3.05, 3.63) is 35.3 Å². The molecule has 0 saturated heterocycles. The standard InChI is InChI=1S/C16H18N2OS/c1-4-9-17-10-13(3)19-15-7-5-14(6-8-15)16-18-12(2)11-20-16/h1,5-8,11,13,17H,9-10H2,2-3H3. The van der Waals surface area contributed by atoms with Crippen LogP contribution in [0.2, 0.25) is 0 Å². The summed E-state index contributed by atoms with van der Waals surface area (Å²) >= 11 is 1.66. The highest BCUT2D eigenvalue weighted by Crippen LogP contribution is 2.25. The topological polar surface area (TPSA) is 34.1 Å². The van der Waals surface area contributed by atoms with Crippen molar-refractivity contribution in [3.8, 4) is 28.7 Å². The molecule has 1 aromatic heterocycles. The van der Waals surface area contributed by atoms with Crippen LogP contribution in [0.4, 0.5) is 0 Å². The molecule has 3 nitrogen and oxygen atoms in total. The van der Waals surface area contributed by atoms with Gasteiger partial charge in [0.2, 0.25) is 0 Å². The highest BCUT2D eigenvalue weighted by Gasteiger charge is 2.05. The van der Waals surface area contributed by atoms with Crippen LogP contribution in [0, 0.1) is 19.3 Å². The molecule has 0 radical (unpaired) electrons. The number of thiazole rings is 1. The largest absolute Gasteiger partial charge is 0.489 e. The molecular weight excluding hydrogens is 268 g/mol. The minimum atomic E-state index is 0.0799. The van der Waals surface area contributed by atoms with E-state index in [-0.39, 0.29) is 6.10 Å². The Morgan fingerprint density at radius 3 is 2.75 bits per heavy atom. The number of ether oxygens (including phenoxy) is 1. The second kappa shape index (κ2) is 7.09. The predicted molar refractivity (Wildman–Crippen MR) is 84.1 cm³/mol. The molecule has 0 amide bonds. The van der Waals surface area contributed by atoms with Crippen LogP contribution in [0.15, 0.2) is 29.6 Å². The number of rotatable bonds is 6. The van der Waals surface area contributed by atoms with Crippen molar-refractivity contribution >= 4 is 11.3 Å². The molecule has 0 fully saturated rings. The van der Waals surface area contributed by atoms with Crippen molar-refractivity contribution in [1.29, 1.82) is 0 Å². The second-order valence-electron chi connectivity index (χ2n) is 4.58. The summed E-state index contributed by atoms with van der Waals surface area (Å²) in [7, 11) is 0. The molecule has 0 aliphatic carbocycles. The van der Waals surface area contributed by atoms with Crippen molar-refractivity contribution < 1.29 is 4.74 Å². The van der Waals surface area contributed by atoms with E-state index < -0.39 is 0 Å². The lowest BCUT2D eigenvalue weighted by molar-refractivity contribution is 0.219. The van der Waals surface area contributed by atoms with Gasteiger partial charge < -0.3 is 10.1 Å². The molecule has 2 rings (SSSR count). The molecule has 4 heteroatoms. The molecule has 1 N–H and O–H groups in total. The first kappa shape index (κ1) is 14.6. The van der Waals surface area contributed by atoms with Gasteiger partial charge >= 0.3 is 0 Å². The molecule has 104 valence electrons. The van der Waals surface area contributed by atoms with Gasteiger partial charge in [-0.1, -0.05) is 5.92 Å². The number of nitrogens with one attached hydrogen (secondary N) is 1. The summed E-state index contributed by atoms with van der Waals surface area (Å²) < 4.78 is 5.81. The van der Waals surface area contributed by atoms with E-state index in [1.165, 1.54) is 0 Å². The Bertz CT molecular complexity index is 583. The van der Waals surface area contributed by atoms with Gasteiger partial charge in [-0.15, -0.1) is 17.8 Å². The van der Waals surface area contributed by atoms with E-state index in [2.05, 4.69) is 21.6 Å². The third-order valence-electron chi connectivity index (χ3n) is 2.72. The predicted octanol–water partition coefficient (Wildman–Crippen LogP) is 3.11. The fourth-order valence-electron chi connectivity index (χ4n) is 1.78. The Kier molecular flexibility index (Phi) is 5.16. The molecule has 0 bridgehead atoms. The van der Waals surface area contributed by atoms with E-state index in [1.807, 2.05) is 38.1 Å². The number of hydrogen-bond donors (Lipinski definition) is 1. The lowest BCUT2D eigenvalue weighted by Gasteiger charge is -2.14. The number of aromatic nitrogens is 1. The molecule has 0 saturated carbocycles. The molecule has 2 aromatic rings. The first-order chi connectivity index (χ1) is 9.69. The molecule has 1 aromatic carbocycles. The Labute approximate surface area is 124 Å². The van der Waals surface area contributed by atoms with Gasteiger partial charge in [-0.3, -0.25) is 0 Å². The Morgan fingerprint density at radius 2 is 2.15 bits per heavy atom. The van der Waals surface area contributed by atoms with Gasteiger partial charge in [0.25, 0.3) is 0 Å². The van der Waals surface area contributed by atoms with E-state index in [0.717, 1.165) is 28.6 Å². The van der Waals surface area contributed by atoms with E-state index >= 15 is 0 Å². The minimum Gasteiger partial charge on any atom is -0.489 e. The van der Waals surface area contributed by atoms with Gasteiger partial charge in [-0.25, -0.2) is 4.98 Å². The second-order valence-corrected chi connectivity index (χ2v) is 5.44. The van der Waals surface area contributed by atoms with Gasteiger partial charge in [-0.2, -0.15) is 0 Å². The van der Waals surface area contributed by atoms with E-state index in [4.69, 9.17) is 11.2 Å². The van der Waals surface area contributed by atoms with Crippen molar-refractivity contribution in [2.24, 2.45) is 0 Å². The van der Waals surface area contributed by atoms with Crippen LogP contribution in [0.1, 0.15) is 12.6 Å². The highest BCUT2D eigenvalue weighted by atomic mass is 32.1. The van der Waals surface area contributed by atoms with Crippen LogP contribution in [-0.4, -0.2) is 24.2 Å². The van der Waals surface area contributed by atoms with Crippen LogP contribution < -0.4 is 10.1 Å². The summed E-state index contributed by atoms with van der Waals surface area (Å²) in [5.41, 5.74) is 2.17. The molecule has 1 heterocycles. The van der Waals surface area contributed by atoms with E-state index in [0.29, 0.717) is 6.54 Å². The SMILES string of the molecule is C#CCNCC(C)Oc1ccc(-c2nc(C)cs2)cc1. The van der Waals surface area contributed by atoms with E-state index in [9.17, 15) is 0 Å². The van der Waals surface area contributed by atoms with Gasteiger partial charge in [0.15, 0.2) is 0 Å². The third kappa shape index (κ3) is 4.09. The maximum atomic E-state index is 5.81. The Morgan fingerprint density at radius 1 is 1.40 bits per heavy atom. The van der Waals surface area contributed by atoms with Crippen LogP contribution in [0.25, 0.3) is 10.6 Å². The van der Waals surface area contributed by atoms with Crippen molar-refractivity contribution in [2.75, 3.05) is 13.1 Å². The third-order valence-corrected chi connectivity index (χ3v) is 3.73. The quantitative estimate of drug-likeness (QED) is 0.654. The van der Waals surface area contributed by atoms with Gasteiger partial charge in [0.05, 0.1) is 6.54 Å². The van der Waals surface area contributed by atoms with Crippen molar-refractivity contribution in [1.82, 2.24) is 10.3 Å². The molecule has 0 aliphatic rings. The number of aryl methyl sites for hydroxylation is 1. The first-order valence-electron chi connectivity index (χ1n) is 6.52. The monoisotopic (exact) mass is 286 g/mol. The molecule has 1 atom stereocenters. The molecule has 20 heavy (non-hydrogen) atoms. The Balaban J connectivity index is 1.93. The average molecular weight is 286 g/mol. The lowest BCUT2D eigenvalue weighted by atomic mass is 10.2. The number of terminal acetylenes is 1. The van der Waals surface area contributed by atoms with Gasteiger partial charge in [0, 0.05) is 23.2 Å². The summed E-state index contributed by atoms with van der Waals surface area (Å²) in [5.74, 6) is 3.40. The fraction of sp³-hybridized carbons (Fsp3) is 0.312. The fourth-order valence-corrected chi connectivity index (χ4v) is 2.59. The number of hydrogen-bond acceptors (Lipinski definition) is 4. The first-order valence-corrected chi connectivity index (χ1v) is 7.40. The summed E-state index contributed by atoms with van der Waals surface area (Å²) in [5, 5.41) is 6.22. The van der Waals surface area contributed by atoms with Crippen LogP contribution in [0.5, 0.6) is 5.75 Å². The van der Waals surface area contributed by atoms with Crippen molar-refractivity contribution in [2.45, 2.75) is 20.0 Å².